The van der Waals surface area contributed by atoms with Gasteiger partial charge in [0.25, 0.3) is 5.91 Å². The molecule has 0 radical (unpaired) electrons. The van der Waals surface area contributed by atoms with Crippen LogP contribution in [-0.2, 0) is 4.79 Å². The summed E-state index contributed by atoms with van der Waals surface area (Å²) in [5.74, 6) is 0.445. The molecule has 1 aromatic carbocycles. The van der Waals surface area contributed by atoms with Gasteiger partial charge in [0.15, 0.2) is 6.61 Å². The maximum absolute atomic E-state index is 11.8. The van der Waals surface area contributed by atoms with Gasteiger partial charge in [0, 0.05) is 10.2 Å². The Morgan fingerprint density at radius 2 is 2.00 bits per heavy atom. The first kappa shape index (κ1) is 16.5. The molecule has 0 spiro atoms. The average molecular weight is 418 g/mol. The lowest BCUT2D eigenvalue weighted by molar-refractivity contribution is -0.123. The number of rotatable bonds is 4. The van der Waals surface area contributed by atoms with Crippen LogP contribution in [0.2, 0.25) is 0 Å². The first-order chi connectivity index (χ1) is 10.1. The average Bonchev–Trinajstić information content (AvgIpc) is 2.45. The minimum absolute atomic E-state index is 0.0438. The standard InChI is InChI=1S/C15H18Br2N2O2/c1-10-7-11(16)8-13(17)15(10)21-9-14(20)19-18-12-5-3-2-4-6-12/h7-8H,2-6,9H2,1H3,(H,19,20). The second kappa shape index (κ2) is 7.94. The molecule has 114 valence electrons. The number of nitrogens with one attached hydrogen (secondary N) is 1. The van der Waals surface area contributed by atoms with Gasteiger partial charge in [-0.05, 0) is 66.2 Å². The summed E-state index contributed by atoms with van der Waals surface area (Å²) in [5.41, 5.74) is 4.61. The molecule has 1 aliphatic rings. The van der Waals surface area contributed by atoms with Gasteiger partial charge in [0.2, 0.25) is 0 Å². The number of hydrazone groups is 1. The smallest absolute Gasteiger partial charge is 0.277 e. The predicted molar refractivity (Wildman–Crippen MR) is 90.7 cm³/mol. The summed E-state index contributed by atoms with van der Waals surface area (Å²) < 4.78 is 7.36. The third-order valence-corrected chi connectivity index (χ3v) is 4.36. The Morgan fingerprint density at radius 3 is 2.67 bits per heavy atom. The van der Waals surface area contributed by atoms with E-state index < -0.39 is 0 Å². The van der Waals surface area contributed by atoms with Gasteiger partial charge in [0.05, 0.1) is 4.47 Å². The van der Waals surface area contributed by atoms with Gasteiger partial charge in [-0.1, -0.05) is 22.4 Å². The van der Waals surface area contributed by atoms with Crippen LogP contribution in [0.5, 0.6) is 5.75 Å². The molecule has 4 nitrogen and oxygen atoms in total. The highest BCUT2D eigenvalue weighted by Crippen LogP contribution is 2.32. The van der Waals surface area contributed by atoms with Crippen molar-refractivity contribution in [1.29, 1.82) is 0 Å². The molecule has 0 unspecified atom stereocenters. The molecule has 1 amide bonds. The van der Waals surface area contributed by atoms with Crippen LogP contribution in [0.15, 0.2) is 26.2 Å². The second-order valence-corrected chi connectivity index (χ2v) is 6.87. The molecular weight excluding hydrogens is 400 g/mol. The Bertz CT molecular complexity index is 528. The van der Waals surface area contributed by atoms with Crippen LogP contribution in [0.25, 0.3) is 0 Å². The maximum atomic E-state index is 11.8. The van der Waals surface area contributed by atoms with Gasteiger partial charge in [-0.3, -0.25) is 4.79 Å². The fourth-order valence-electron chi connectivity index (χ4n) is 2.25. The predicted octanol–water partition coefficient (Wildman–Crippen LogP) is 4.34. The van der Waals surface area contributed by atoms with Gasteiger partial charge >= 0.3 is 0 Å². The number of amides is 1. The summed E-state index contributed by atoms with van der Waals surface area (Å²) in [6.45, 7) is 1.89. The zero-order chi connectivity index (χ0) is 15.2. The fraction of sp³-hybridized carbons (Fsp3) is 0.467. The monoisotopic (exact) mass is 416 g/mol. The molecule has 1 aliphatic carbocycles. The van der Waals surface area contributed by atoms with Crippen LogP contribution in [0.1, 0.15) is 37.7 Å². The van der Waals surface area contributed by atoms with Crippen LogP contribution in [-0.4, -0.2) is 18.2 Å². The van der Waals surface area contributed by atoms with Crippen molar-refractivity contribution in [3.8, 4) is 5.75 Å². The van der Waals surface area contributed by atoms with E-state index >= 15 is 0 Å². The first-order valence-electron chi connectivity index (χ1n) is 6.99. The van der Waals surface area contributed by atoms with Gasteiger partial charge in [-0.25, -0.2) is 5.43 Å². The van der Waals surface area contributed by atoms with E-state index in [1.807, 2.05) is 19.1 Å². The van der Waals surface area contributed by atoms with Gasteiger partial charge in [-0.15, -0.1) is 0 Å². The Hall–Kier alpha value is -0.880. The number of carbonyl (C=O) groups is 1. The van der Waals surface area contributed by atoms with Crippen LogP contribution in [0.3, 0.4) is 0 Å². The lowest BCUT2D eigenvalue weighted by Crippen LogP contribution is -2.26. The molecule has 21 heavy (non-hydrogen) atoms. The molecule has 1 fully saturated rings. The van der Waals surface area contributed by atoms with E-state index in [9.17, 15) is 4.79 Å². The molecule has 0 heterocycles. The minimum Gasteiger partial charge on any atom is -0.482 e. The maximum Gasteiger partial charge on any atom is 0.277 e. The van der Waals surface area contributed by atoms with Crippen LogP contribution in [0.4, 0.5) is 0 Å². The number of halogens is 2. The molecule has 0 saturated heterocycles. The highest BCUT2D eigenvalue weighted by atomic mass is 79.9. The normalized spacial score (nSPS) is 14.7. The van der Waals surface area contributed by atoms with E-state index in [2.05, 4.69) is 42.4 Å². The van der Waals surface area contributed by atoms with Crippen molar-refractivity contribution in [1.82, 2.24) is 5.43 Å². The molecule has 6 heteroatoms. The number of hydrogen-bond acceptors (Lipinski definition) is 3. The van der Waals surface area contributed by atoms with Gasteiger partial charge in [-0.2, -0.15) is 5.10 Å². The second-order valence-electron chi connectivity index (χ2n) is 5.10. The van der Waals surface area contributed by atoms with Crippen LogP contribution in [0, 0.1) is 6.92 Å². The number of nitrogens with zero attached hydrogens (tertiary/aromatic N) is 1. The lowest BCUT2D eigenvalue weighted by Gasteiger charge is -2.13. The van der Waals surface area contributed by atoms with Crippen LogP contribution < -0.4 is 10.2 Å². The Morgan fingerprint density at radius 1 is 1.29 bits per heavy atom. The van der Waals surface area contributed by atoms with Crippen LogP contribution >= 0.6 is 31.9 Å². The van der Waals surface area contributed by atoms with Gasteiger partial charge in [0.1, 0.15) is 5.75 Å². The number of aryl methyl sites for hydroxylation is 1. The first-order valence-corrected chi connectivity index (χ1v) is 8.57. The number of carbonyl (C=O) groups excluding carboxylic acids is 1. The summed E-state index contributed by atoms with van der Waals surface area (Å²) >= 11 is 6.85. The topological polar surface area (TPSA) is 50.7 Å². The highest BCUT2D eigenvalue weighted by molar-refractivity contribution is 9.11. The molecular formula is C15H18Br2N2O2. The van der Waals surface area contributed by atoms with E-state index in [1.165, 1.54) is 6.42 Å². The quantitative estimate of drug-likeness (QED) is 0.741. The fourth-order valence-corrected chi connectivity index (χ4v) is 3.81. The largest absolute Gasteiger partial charge is 0.482 e. The highest BCUT2D eigenvalue weighted by Gasteiger charge is 2.10. The molecule has 1 aromatic rings. The Balaban J connectivity index is 1.86. The molecule has 2 rings (SSSR count). The molecule has 0 aliphatic heterocycles. The zero-order valence-corrected chi connectivity index (χ0v) is 15.1. The van der Waals surface area contributed by atoms with Crippen molar-refractivity contribution in [2.45, 2.75) is 39.0 Å². The third kappa shape index (κ3) is 5.11. The van der Waals surface area contributed by atoms with Crippen molar-refractivity contribution in [3.05, 3.63) is 26.6 Å². The van der Waals surface area contributed by atoms with Crippen molar-refractivity contribution in [2.24, 2.45) is 5.10 Å². The molecule has 0 aromatic heterocycles. The summed E-state index contributed by atoms with van der Waals surface area (Å²) in [5, 5.41) is 4.17. The summed E-state index contributed by atoms with van der Waals surface area (Å²) in [6.07, 6.45) is 5.55. The third-order valence-electron chi connectivity index (χ3n) is 3.31. The lowest BCUT2D eigenvalue weighted by atomic mass is 9.99. The van der Waals surface area contributed by atoms with Crippen molar-refractivity contribution in [2.75, 3.05) is 6.61 Å². The van der Waals surface area contributed by atoms with E-state index in [-0.39, 0.29) is 12.5 Å². The van der Waals surface area contributed by atoms with Gasteiger partial charge < -0.3 is 4.74 Å². The molecule has 1 saturated carbocycles. The summed E-state index contributed by atoms with van der Waals surface area (Å²) in [6, 6.07) is 3.84. The molecule has 1 N–H and O–H groups in total. The Kier molecular flexibility index (Phi) is 6.23. The zero-order valence-electron chi connectivity index (χ0n) is 11.9. The molecule has 0 atom stereocenters. The van der Waals surface area contributed by atoms with Crippen molar-refractivity contribution in [3.63, 3.8) is 0 Å². The van der Waals surface area contributed by atoms with E-state index in [0.717, 1.165) is 45.9 Å². The summed E-state index contributed by atoms with van der Waals surface area (Å²) in [4.78, 5) is 11.8. The number of hydrogen-bond donors (Lipinski definition) is 1. The molecule has 0 bridgehead atoms. The number of ether oxygens (including phenoxy) is 1. The SMILES string of the molecule is Cc1cc(Br)cc(Br)c1OCC(=O)NN=C1CCCCC1. The minimum atomic E-state index is -0.234. The van der Waals surface area contributed by atoms with Crippen molar-refractivity contribution >= 4 is 43.5 Å². The van der Waals surface area contributed by atoms with Crippen molar-refractivity contribution < 1.29 is 9.53 Å². The van der Waals surface area contributed by atoms with E-state index in [4.69, 9.17) is 4.74 Å². The summed E-state index contributed by atoms with van der Waals surface area (Å²) in [7, 11) is 0. The van der Waals surface area contributed by atoms with E-state index in [0.29, 0.717) is 5.75 Å². The number of benzene rings is 1. The Labute approximate surface area is 141 Å². The van der Waals surface area contributed by atoms with E-state index in [1.54, 1.807) is 0 Å².